The minimum atomic E-state index is -0.849. The fourth-order valence-electron chi connectivity index (χ4n) is 2.16. The molecule has 0 amide bonds. The van der Waals surface area contributed by atoms with Crippen molar-refractivity contribution in [2.45, 2.75) is 26.2 Å². The standard InChI is InChI=1S/C13H20N2O3S/c1-2-3-10-12(13(16)17)19-11(14-10)4-5-15-6-8-18-9-7-15/h2-9H2,1H3,(H,16,17). The number of ether oxygens (including phenoxy) is 1. The van der Waals surface area contributed by atoms with Crippen molar-refractivity contribution in [3.05, 3.63) is 15.6 Å². The van der Waals surface area contributed by atoms with Gasteiger partial charge in [0.1, 0.15) is 4.88 Å². The molecule has 5 nitrogen and oxygen atoms in total. The van der Waals surface area contributed by atoms with E-state index in [1.807, 2.05) is 6.92 Å². The lowest BCUT2D eigenvalue weighted by atomic mass is 10.2. The zero-order valence-electron chi connectivity index (χ0n) is 11.2. The molecule has 0 unspecified atom stereocenters. The Morgan fingerprint density at radius 1 is 1.42 bits per heavy atom. The summed E-state index contributed by atoms with van der Waals surface area (Å²) in [5, 5.41) is 10.1. The normalized spacial score (nSPS) is 16.7. The number of morpholine rings is 1. The van der Waals surface area contributed by atoms with Gasteiger partial charge in [-0.2, -0.15) is 0 Å². The number of aromatic carboxylic acids is 1. The molecule has 0 atom stereocenters. The molecule has 2 heterocycles. The Kier molecular flexibility index (Phi) is 5.30. The molecular formula is C13H20N2O3S. The Morgan fingerprint density at radius 2 is 2.16 bits per heavy atom. The number of hydrogen-bond donors (Lipinski definition) is 1. The van der Waals surface area contributed by atoms with Gasteiger partial charge in [-0.1, -0.05) is 13.3 Å². The number of nitrogens with zero attached hydrogens (tertiary/aromatic N) is 2. The van der Waals surface area contributed by atoms with E-state index in [1.165, 1.54) is 11.3 Å². The molecule has 0 aliphatic carbocycles. The summed E-state index contributed by atoms with van der Waals surface area (Å²) in [5.74, 6) is -0.849. The molecule has 1 aliphatic heterocycles. The largest absolute Gasteiger partial charge is 0.477 e. The van der Waals surface area contributed by atoms with E-state index in [0.29, 0.717) is 4.88 Å². The summed E-state index contributed by atoms with van der Waals surface area (Å²) >= 11 is 1.33. The Hall–Kier alpha value is -0.980. The Morgan fingerprint density at radius 3 is 2.79 bits per heavy atom. The smallest absolute Gasteiger partial charge is 0.347 e. The third-order valence-electron chi connectivity index (χ3n) is 3.17. The molecule has 0 aromatic carbocycles. The van der Waals surface area contributed by atoms with E-state index < -0.39 is 5.97 Å². The molecule has 1 aromatic rings. The van der Waals surface area contributed by atoms with Gasteiger partial charge in [-0.15, -0.1) is 11.3 Å². The molecule has 0 bridgehead atoms. The number of carboxylic acid groups (broad SMARTS) is 1. The summed E-state index contributed by atoms with van der Waals surface area (Å²) in [4.78, 5) is 18.4. The van der Waals surface area contributed by atoms with Crippen LogP contribution in [0.25, 0.3) is 0 Å². The molecule has 0 saturated carbocycles. The predicted octanol–water partition coefficient (Wildman–Crippen LogP) is 1.67. The van der Waals surface area contributed by atoms with Gasteiger partial charge in [-0.3, -0.25) is 4.90 Å². The number of thiazole rings is 1. The van der Waals surface area contributed by atoms with Crippen molar-refractivity contribution in [2.24, 2.45) is 0 Å². The monoisotopic (exact) mass is 284 g/mol. The molecular weight excluding hydrogens is 264 g/mol. The van der Waals surface area contributed by atoms with Crippen molar-refractivity contribution in [2.75, 3.05) is 32.8 Å². The fourth-order valence-corrected chi connectivity index (χ4v) is 3.10. The maximum absolute atomic E-state index is 11.2. The zero-order chi connectivity index (χ0) is 13.7. The molecule has 1 fully saturated rings. The van der Waals surface area contributed by atoms with E-state index in [-0.39, 0.29) is 0 Å². The summed E-state index contributed by atoms with van der Waals surface area (Å²) in [6, 6.07) is 0. The van der Waals surface area contributed by atoms with Crippen LogP contribution < -0.4 is 0 Å². The maximum Gasteiger partial charge on any atom is 0.347 e. The zero-order valence-corrected chi connectivity index (χ0v) is 12.0. The highest BCUT2D eigenvalue weighted by Gasteiger charge is 2.17. The second-order valence-corrected chi connectivity index (χ2v) is 5.73. The van der Waals surface area contributed by atoms with Crippen LogP contribution >= 0.6 is 11.3 Å². The molecule has 1 saturated heterocycles. The number of carbonyl (C=O) groups is 1. The Balaban J connectivity index is 1.95. The van der Waals surface area contributed by atoms with Crippen LogP contribution in [-0.2, 0) is 17.6 Å². The van der Waals surface area contributed by atoms with Crippen molar-refractivity contribution in [3.8, 4) is 0 Å². The van der Waals surface area contributed by atoms with Gasteiger partial charge in [-0.25, -0.2) is 9.78 Å². The van der Waals surface area contributed by atoms with Crippen LogP contribution in [0.3, 0.4) is 0 Å². The molecule has 6 heteroatoms. The van der Waals surface area contributed by atoms with E-state index in [0.717, 1.165) is 62.8 Å². The molecule has 106 valence electrons. The van der Waals surface area contributed by atoms with Crippen LogP contribution in [0.4, 0.5) is 0 Å². The highest BCUT2D eigenvalue weighted by Crippen LogP contribution is 2.21. The van der Waals surface area contributed by atoms with Crippen LogP contribution in [-0.4, -0.2) is 53.8 Å². The molecule has 0 radical (unpaired) electrons. The molecule has 1 aromatic heterocycles. The summed E-state index contributed by atoms with van der Waals surface area (Å²) in [5.41, 5.74) is 0.747. The average molecular weight is 284 g/mol. The third-order valence-corrected chi connectivity index (χ3v) is 4.31. The summed E-state index contributed by atoms with van der Waals surface area (Å²) in [6.45, 7) is 6.47. The van der Waals surface area contributed by atoms with E-state index >= 15 is 0 Å². The van der Waals surface area contributed by atoms with E-state index in [1.54, 1.807) is 0 Å². The van der Waals surface area contributed by atoms with Gasteiger partial charge in [0.2, 0.25) is 0 Å². The highest BCUT2D eigenvalue weighted by atomic mass is 32.1. The van der Waals surface area contributed by atoms with Gasteiger partial charge in [0.25, 0.3) is 0 Å². The second-order valence-electron chi connectivity index (χ2n) is 4.64. The lowest BCUT2D eigenvalue weighted by Gasteiger charge is -2.25. The van der Waals surface area contributed by atoms with Gasteiger partial charge in [0, 0.05) is 26.1 Å². The first-order valence-electron chi connectivity index (χ1n) is 6.72. The van der Waals surface area contributed by atoms with Crippen LogP contribution in [0.1, 0.15) is 33.7 Å². The summed E-state index contributed by atoms with van der Waals surface area (Å²) < 4.78 is 5.31. The molecule has 0 spiro atoms. The van der Waals surface area contributed by atoms with Crippen molar-refractivity contribution < 1.29 is 14.6 Å². The Labute approximate surface area is 117 Å². The second kappa shape index (κ2) is 6.98. The maximum atomic E-state index is 11.2. The quantitative estimate of drug-likeness (QED) is 0.861. The molecule has 1 N–H and O–H groups in total. The van der Waals surface area contributed by atoms with E-state index in [2.05, 4.69) is 9.88 Å². The van der Waals surface area contributed by atoms with Crippen molar-refractivity contribution in [1.29, 1.82) is 0 Å². The van der Waals surface area contributed by atoms with E-state index in [9.17, 15) is 4.79 Å². The summed E-state index contributed by atoms with van der Waals surface area (Å²) in [7, 11) is 0. The minimum Gasteiger partial charge on any atom is -0.477 e. The van der Waals surface area contributed by atoms with Crippen LogP contribution in [0, 0.1) is 0 Å². The van der Waals surface area contributed by atoms with Crippen molar-refractivity contribution >= 4 is 17.3 Å². The topological polar surface area (TPSA) is 62.7 Å². The van der Waals surface area contributed by atoms with Gasteiger partial charge in [-0.05, 0) is 6.42 Å². The number of aromatic nitrogens is 1. The average Bonchev–Trinajstić information content (AvgIpc) is 2.81. The van der Waals surface area contributed by atoms with Crippen molar-refractivity contribution in [1.82, 2.24) is 9.88 Å². The molecule has 19 heavy (non-hydrogen) atoms. The van der Waals surface area contributed by atoms with Crippen LogP contribution in [0.2, 0.25) is 0 Å². The first-order valence-corrected chi connectivity index (χ1v) is 7.54. The fraction of sp³-hybridized carbons (Fsp3) is 0.692. The van der Waals surface area contributed by atoms with Gasteiger partial charge >= 0.3 is 5.97 Å². The lowest BCUT2D eigenvalue weighted by Crippen LogP contribution is -2.37. The first kappa shape index (κ1) is 14.4. The predicted molar refractivity (Wildman–Crippen MR) is 74.0 cm³/mol. The van der Waals surface area contributed by atoms with Crippen LogP contribution in [0.15, 0.2) is 0 Å². The SMILES string of the molecule is CCCc1nc(CCN2CCOCC2)sc1C(=O)O. The number of hydrogen-bond acceptors (Lipinski definition) is 5. The summed E-state index contributed by atoms with van der Waals surface area (Å²) in [6.07, 6.45) is 2.50. The highest BCUT2D eigenvalue weighted by molar-refractivity contribution is 7.13. The number of rotatable bonds is 6. The minimum absolute atomic E-state index is 0.416. The third kappa shape index (κ3) is 3.99. The van der Waals surface area contributed by atoms with Crippen molar-refractivity contribution in [3.63, 3.8) is 0 Å². The lowest BCUT2D eigenvalue weighted by molar-refractivity contribution is 0.0384. The number of carboxylic acids is 1. The molecule has 2 rings (SSSR count). The number of aryl methyl sites for hydroxylation is 1. The Bertz CT molecular complexity index is 428. The van der Waals surface area contributed by atoms with Gasteiger partial charge in [0.05, 0.1) is 23.9 Å². The van der Waals surface area contributed by atoms with E-state index in [4.69, 9.17) is 9.84 Å². The van der Waals surface area contributed by atoms with Gasteiger partial charge < -0.3 is 9.84 Å². The van der Waals surface area contributed by atoms with Gasteiger partial charge in [0.15, 0.2) is 0 Å². The first-order chi connectivity index (χ1) is 9.20. The van der Waals surface area contributed by atoms with Crippen LogP contribution in [0.5, 0.6) is 0 Å². The molecule has 1 aliphatic rings.